The number of anilines is 1. The van der Waals surface area contributed by atoms with E-state index in [-0.39, 0.29) is 22.7 Å². The van der Waals surface area contributed by atoms with Gasteiger partial charge in [-0.3, -0.25) is 13.9 Å². The maximum absolute atomic E-state index is 14.6. The monoisotopic (exact) mass is 647 g/mol. The van der Waals surface area contributed by atoms with Crippen LogP contribution < -0.4 is 14.4 Å². The zero-order valence-electron chi connectivity index (χ0n) is 23.6. The summed E-state index contributed by atoms with van der Waals surface area (Å²) < 4.78 is 49.2. The van der Waals surface area contributed by atoms with Crippen LogP contribution in [0.2, 0.25) is 0 Å². The van der Waals surface area contributed by atoms with E-state index in [0.717, 1.165) is 22.7 Å². The van der Waals surface area contributed by atoms with Gasteiger partial charge in [0.25, 0.3) is 10.0 Å². The van der Waals surface area contributed by atoms with Crippen LogP contribution in [0.25, 0.3) is 0 Å². The predicted molar refractivity (Wildman–Crippen MR) is 161 cm³/mol. The number of halogens is 2. The van der Waals surface area contributed by atoms with Crippen LogP contribution in [0.3, 0.4) is 0 Å². The number of benzene rings is 3. The number of carbonyl (C=O) groups is 2. The number of nitrogens with one attached hydrogen (secondary N) is 1. The van der Waals surface area contributed by atoms with Gasteiger partial charge < -0.3 is 15.0 Å². The van der Waals surface area contributed by atoms with Crippen molar-refractivity contribution in [2.75, 3.05) is 24.5 Å². The molecule has 41 heavy (non-hydrogen) atoms. The maximum Gasteiger partial charge on any atom is 0.264 e. The van der Waals surface area contributed by atoms with Crippen molar-refractivity contribution < 1.29 is 27.1 Å². The largest absolute Gasteiger partial charge is 0.496 e. The fraction of sp³-hybridized carbons (Fsp3) is 0.333. The topological polar surface area (TPSA) is 96.0 Å². The Morgan fingerprint density at radius 3 is 2.37 bits per heavy atom. The fourth-order valence-corrected chi connectivity index (χ4v) is 6.24. The number of hydrogen-bond donors (Lipinski definition) is 1. The number of rotatable bonds is 13. The van der Waals surface area contributed by atoms with Crippen molar-refractivity contribution in [1.29, 1.82) is 0 Å². The van der Waals surface area contributed by atoms with Crippen molar-refractivity contribution in [3.05, 3.63) is 88.1 Å². The van der Waals surface area contributed by atoms with Crippen molar-refractivity contribution in [3.8, 4) is 5.75 Å². The van der Waals surface area contributed by atoms with E-state index >= 15 is 0 Å². The Hall–Kier alpha value is -3.44. The molecule has 3 aromatic carbocycles. The maximum atomic E-state index is 14.6. The van der Waals surface area contributed by atoms with Crippen LogP contribution in [-0.2, 0) is 26.2 Å². The van der Waals surface area contributed by atoms with E-state index in [4.69, 9.17) is 4.74 Å². The molecule has 8 nitrogen and oxygen atoms in total. The third-order valence-corrected chi connectivity index (χ3v) is 9.00. The summed E-state index contributed by atoms with van der Waals surface area (Å²) in [7, 11) is -2.79. The SMILES string of the molecule is CCCCNC(=O)[C@@H](C)N(Cc1ccccc1F)C(=O)CN(c1ccc(C)cc1)S(=O)(=O)c1ccc(OC)c(Br)c1. The molecule has 0 spiro atoms. The molecule has 0 saturated carbocycles. The molecular weight excluding hydrogens is 613 g/mol. The van der Waals surface area contributed by atoms with Gasteiger partial charge in [0.05, 0.1) is 22.2 Å². The molecule has 0 radical (unpaired) electrons. The molecular formula is C30H35BrFN3O5S. The first-order chi connectivity index (χ1) is 19.5. The van der Waals surface area contributed by atoms with E-state index in [9.17, 15) is 22.4 Å². The second-order valence-electron chi connectivity index (χ2n) is 9.58. The van der Waals surface area contributed by atoms with Gasteiger partial charge >= 0.3 is 0 Å². The summed E-state index contributed by atoms with van der Waals surface area (Å²) in [6.07, 6.45) is 1.63. The standard InChI is InChI=1S/C30H35BrFN3O5S/c1-5-6-17-33-30(37)22(3)34(19-23-9-7-8-10-27(23)32)29(36)20-35(24-13-11-21(2)12-14-24)41(38,39)25-15-16-28(40-4)26(31)18-25/h7-16,18,22H,5-6,17,19-20H2,1-4H3,(H,33,37)/t22-/m1/s1. The van der Waals surface area contributed by atoms with E-state index in [0.29, 0.717) is 16.8 Å². The van der Waals surface area contributed by atoms with E-state index in [2.05, 4.69) is 21.2 Å². The Bertz CT molecular complexity index is 1470. The summed E-state index contributed by atoms with van der Waals surface area (Å²) in [4.78, 5) is 28.1. The summed E-state index contributed by atoms with van der Waals surface area (Å²) in [5.74, 6) is -1.16. The number of unbranched alkanes of at least 4 members (excludes halogenated alkanes) is 1. The van der Waals surface area contributed by atoms with Crippen molar-refractivity contribution in [3.63, 3.8) is 0 Å². The highest BCUT2D eigenvalue weighted by Gasteiger charge is 2.33. The summed E-state index contributed by atoms with van der Waals surface area (Å²) in [5.41, 5.74) is 1.38. The number of nitrogens with zero attached hydrogens (tertiary/aromatic N) is 2. The average molecular weight is 649 g/mol. The third-order valence-electron chi connectivity index (χ3n) is 6.61. The normalized spacial score (nSPS) is 12.0. The molecule has 0 unspecified atom stereocenters. The third kappa shape index (κ3) is 8.07. The van der Waals surface area contributed by atoms with E-state index in [1.807, 2.05) is 13.8 Å². The van der Waals surface area contributed by atoms with Crippen LogP contribution in [0.1, 0.15) is 37.8 Å². The molecule has 0 aromatic heterocycles. The zero-order chi connectivity index (χ0) is 30.2. The number of hydrogen-bond acceptors (Lipinski definition) is 5. The lowest BCUT2D eigenvalue weighted by Crippen LogP contribution is -2.51. The summed E-state index contributed by atoms with van der Waals surface area (Å²) >= 11 is 3.33. The molecule has 2 amide bonds. The Labute approximate surface area is 249 Å². The minimum atomic E-state index is -4.26. The average Bonchev–Trinajstić information content (AvgIpc) is 2.95. The lowest BCUT2D eigenvalue weighted by molar-refractivity contribution is -0.139. The first-order valence-electron chi connectivity index (χ1n) is 13.2. The van der Waals surface area contributed by atoms with Gasteiger partial charge in [-0.25, -0.2) is 12.8 Å². The molecule has 0 saturated heterocycles. The molecule has 0 aliphatic rings. The number of carbonyl (C=O) groups excluding carboxylic acids is 2. The van der Waals surface area contributed by atoms with Gasteiger partial charge in [-0.15, -0.1) is 0 Å². The fourth-order valence-electron chi connectivity index (χ4n) is 4.10. The minimum Gasteiger partial charge on any atom is -0.496 e. The van der Waals surface area contributed by atoms with Crippen LogP contribution in [0.5, 0.6) is 5.75 Å². The molecule has 0 bridgehead atoms. The van der Waals surface area contributed by atoms with Crippen LogP contribution in [-0.4, -0.2) is 51.4 Å². The Kier molecular flexibility index (Phi) is 11.3. The van der Waals surface area contributed by atoms with Crippen molar-refractivity contribution in [2.45, 2.75) is 51.1 Å². The number of methoxy groups -OCH3 is 1. The predicted octanol–water partition coefficient (Wildman–Crippen LogP) is 5.43. The molecule has 1 atom stereocenters. The molecule has 0 aliphatic heterocycles. The van der Waals surface area contributed by atoms with Gasteiger partial charge in [0, 0.05) is 18.7 Å². The highest BCUT2D eigenvalue weighted by molar-refractivity contribution is 9.10. The molecule has 3 aromatic rings. The highest BCUT2D eigenvalue weighted by atomic mass is 79.9. The smallest absolute Gasteiger partial charge is 0.264 e. The van der Waals surface area contributed by atoms with Crippen LogP contribution in [0.15, 0.2) is 76.1 Å². The molecule has 220 valence electrons. The van der Waals surface area contributed by atoms with E-state index in [1.54, 1.807) is 37.3 Å². The molecule has 0 aliphatic carbocycles. The summed E-state index contributed by atoms with van der Waals surface area (Å²) in [5, 5.41) is 2.81. The quantitative estimate of drug-likeness (QED) is 0.250. The zero-order valence-corrected chi connectivity index (χ0v) is 26.0. The molecule has 3 rings (SSSR count). The van der Waals surface area contributed by atoms with Gasteiger partial charge in [0.1, 0.15) is 24.2 Å². The first-order valence-corrected chi connectivity index (χ1v) is 15.5. The molecule has 0 fully saturated rings. The van der Waals surface area contributed by atoms with Crippen LogP contribution in [0.4, 0.5) is 10.1 Å². The Morgan fingerprint density at radius 1 is 1.07 bits per heavy atom. The van der Waals surface area contributed by atoms with Gasteiger partial charge in [0.2, 0.25) is 11.8 Å². The van der Waals surface area contributed by atoms with Gasteiger partial charge in [-0.2, -0.15) is 0 Å². The van der Waals surface area contributed by atoms with Gasteiger partial charge in [-0.1, -0.05) is 49.2 Å². The van der Waals surface area contributed by atoms with Gasteiger partial charge in [-0.05, 0) is 72.6 Å². The first kappa shape index (κ1) is 32.1. The van der Waals surface area contributed by atoms with E-state index < -0.39 is 40.2 Å². The number of aryl methyl sites for hydroxylation is 1. The van der Waals surface area contributed by atoms with Crippen molar-refractivity contribution in [2.24, 2.45) is 0 Å². The Balaban J connectivity index is 2.03. The number of ether oxygens (including phenoxy) is 1. The van der Waals surface area contributed by atoms with E-state index in [1.165, 1.54) is 48.4 Å². The van der Waals surface area contributed by atoms with Crippen LogP contribution in [0, 0.1) is 12.7 Å². The lowest BCUT2D eigenvalue weighted by atomic mass is 10.1. The summed E-state index contributed by atoms with van der Waals surface area (Å²) in [6, 6.07) is 16.0. The van der Waals surface area contributed by atoms with Crippen molar-refractivity contribution >= 4 is 43.5 Å². The van der Waals surface area contributed by atoms with Crippen molar-refractivity contribution in [1.82, 2.24) is 10.2 Å². The molecule has 1 N–H and O–H groups in total. The van der Waals surface area contributed by atoms with Gasteiger partial charge in [0.15, 0.2) is 0 Å². The minimum absolute atomic E-state index is 0.0652. The second-order valence-corrected chi connectivity index (χ2v) is 12.3. The second kappa shape index (κ2) is 14.5. The number of amides is 2. The Morgan fingerprint density at radius 2 is 1.76 bits per heavy atom. The summed E-state index contributed by atoms with van der Waals surface area (Å²) in [6.45, 7) is 5.00. The molecule has 11 heteroatoms. The number of sulfonamides is 1. The highest BCUT2D eigenvalue weighted by Crippen LogP contribution is 2.31. The van der Waals surface area contributed by atoms with Crippen LogP contribution >= 0.6 is 15.9 Å². The molecule has 0 heterocycles. The lowest BCUT2D eigenvalue weighted by Gasteiger charge is -2.32.